The lowest BCUT2D eigenvalue weighted by Crippen LogP contribution is -2.22. The molecule has 2 aromatic rings. The molecule has 0 amide bonds. The van der Waals surface area contributed by atoms with E-state index in [0.29, 0.717) is 34.3 Å². The number of hydrogen-bond acceptors (Lipinski definition) is 2. The molecule has 0 atom stereocenters. The molecule has 0 bridgehead atoms. The first-order valence-electron chi connectivity index (χ1n) is 7.04. The van der Waals surface area contributed by atoms with Gasteiger partial charge in [0, 0.05) is 38.8 Å². The molecule has 0 saturated heterocycles. The second kappa shape index (κ2) is 8.07. The van der Waals surface area contributed by atoms with E-state index in [1.165, 1.54) is 0 Å². The Kier molecular flexibility index (Phi) is 6.39. The molecule has 2 rings (SSSR count). The summed E-state index contributed by atoms with van der Waals surface area (Å²) in [5.74, 6) is 0.795. The normalized spacial score (nSPS) is 11.0. The Morgan fingerprint density at radius 3 is 2.32 bits per heavy atom. The van der Waals surface area contributed by atoms with Crippen molar-refractivity contribution in [2.24, 2.45) is 0 Å². The second-order valence-corrected chi connectivity index (χ2v) is 6.59. The molecule has 0 heterocycles. The van der Waals surface area contributed by atoms with E-state index in [1.54, 1.807) is 12.1 Å². The minimum atomic E-state index is 0.381. The molecule has 0 radical (unpaired) electrons. The van der Waals surface area contributed by atoms with Crippen LogP contribution in [0.25, 0.3) is 0 Å². The Bertz CT molecular complexity index is 644. The molecule has 118 valence electrons. The molecular formula is C17H18Cl3NO. The van der Waals surface area contributed by atoms with Crippen molar-refractivity contribution in [2.45, 2.75) is 33.0 Å². The highest BCUT2D eigenvalue weighted by molar-refractivity contribution is 6.35. The van der Waals surface area contributed by atoms with Crippen LogP contribution in [0.2, 0.25) is 15.1 Å². The van der Waals surface area contributed by atoms with Gasteiger partial charge in [0.2, 0.25) is 0 Å². The molecular weight excluding hydrogens is 341 g/mol. The number of ether oxygens (including phenoxy) is 1. The van der Waals surface area contributed by atoms with E-state index in [-0.39, 0.29) is 0 Å². The molecule has 5 heteroatoms. The fourth-order valence-corrected chi connectivity index (χ4v) is 2.59. The van der Waals surface area contributed by atoms with Gasteiger partial charge in [0.05, 0.1) is 0 Å². The van der Waals surface area contributed by atoms with Crippen molar-refractivity contribution < 1.29 is 4.74 Å². The van der Waals surface area contributed by atoms with Crippen molar-refractivity contribution in [3.8, 4) is 5.75 Å². The van der Waals surface area contributed by atoms with Crippen LogP contribution in [0.4, 0.5) is 0 Å². The van der Waals surface area contributed by atoms with Gasteiger partial charge in [0.1, 0.15) is 12.4 Å². The molecule has 0 aliphatic rings. The number of benzene rings is 2. The molecule has 0 aliphatic carbocycles. The van der Waals surface area contributed by atoms with Crippen molar-refractivity contribution in [2.75, 3.05) is 0 Å². The van der Waals surface area contributed by atoms with E-state index in [1.807, 2.05) is 24.3 Å². The number of rotatable bonds is 6. The zero-order chi connectivity index (χ0) is 16.1. The van der Waals surface area contributed by atoms with Crippen molar-refractivity contribution in [3.63, 3.8) is 0 Å². The van der Waals surface area contributed by atoms with Gasteiger partial charge in [-0.3, -0.25) is 0 Å². The maximum absolute atomic E-state index is 6.17. The Morgan fingerprint density at radius 1 is 0.955 bits per heavy atom. The molecule has 0 aromatic heterocycles. The maximum atomic E-state index is 6.17. The maximum Gasteiger partial charge on any atom is 0.124 e. The minimum Gasteiger partial charge on any atom is -0.489 e. The van der Waals surface area contributed by atoms with E-state index in [9.17, 15) is 0 Å². The summed E-state index contributed by atoms with van der Waals surface area (Å²) in [6, 6.07) is 11.4. The Labute approximate surface area is 146 Å². The fraction of sp³-hybridized carbons (Fsp3) is 0.294. The van der Waals surface area contributed by atoms with Gasteiger partial charge in [0.25, 0.3) is 0 Å². The van der Waals surface area contributed by atoms with Gasteiger partial charge in [-0.25, -0.2) is 0 Å². The van der Waals surface area contributed by atoms with Crippen LogP contribution in [-0.2, 0) is 13.2 Å². The number of hydrogen-bond donors (Lipinski definition) is 1. The smallest absolute Gasteiger partial charge is 0.124 e. The summed E-state index contributed by atoms with van der Waals surface area (Å²) in [5.41, 5.74) is 1.91. The average Bonchev–Trinajstić information content (AvgIpc) is 2.45. The monoisotopic (exact) mass is 357 g/mol. The first kappa shape index (κ1) is 17.4. The van der Waals surface area contributed by atoms with Gasteiger partial charge in [-0.15, -0.1) is 0 Å². The molecule has 0 aliphatic heterocycles. The lowest BCUT2D eigenvalue weighted by atomic mass is 10.2. The molecule has 1 N–H and O–H groups in total. The summed E-state index contributed by atoms with van der Waals surface area (Å²) in [5, 5.41) is 5.27. The third kappa shape index (κ3) is 5.06. The summed E-state index contributed by atoms with van der Waals surface area (Å²) in [6.45, 7) is 5.27. The Hall–Kier alpha value is -0.930. The summed E-state index contributed by atoms with van der Waals surface area (Å²) in [6.07, 6.45) is 0. The van der Waals surface area contributed by atoms with Gasteiger partial charge in [-0.2, -0.15) is 0 Å². The molecule has 0 fully saturated rings. The van der Waals surface area contributed by atoms with Gasteiger partial charge in [-0.05, 0) is 30.3 Å². The van der Waals surface area contributed by atoms with Crippen molar-refractivity contribution in [1.82, 2.24) is 5.32 Å². The summed E-state index contributed by atoms with van der Waals surface area (Å²) in [4.78, 5) is 0. The SMILES string of the molecule is CC(C)NCc1cc(Cl)ccc1OCc1ccc(Cl)cc1Cl. The molecule has 22 heavy (non-hydrogen) atoms. The average molecular weight is 359 g/mol. The predicted molar refractivity (Wildman–Crippen MR) is 94.2 cm³/mol. The third-order valence-electron chi connectivity index (χ3n) is 3.12. The Morgan fingerprint density at radius 2 is 1.64 bits per heavy atom. The van der Waals surface area contributed by atoms with Crippen molar-refractivity contribution in [3.05, 3.63) is 62.6 Å². The van der Waals surface area contributed by atoms with Crippen LogP contribution < -0.4 is 10.1 Å². The molecule has 2 aromatic carbocycles. The van der Waals surface area contributed by atoms with Gasteiger partial charge in [0.15, 0.2) is 0 Å². The standard InChI is InChI=1S/C17H18Cl3NO/c1-11(2)21-9-13-7-14(18)5-6-17(13)22-10-12-3-4-15(19)8-16(12)20/h3-8,11,21H,9-10H2,1-2H3. The lowest BCUT2D eigenvalue weighted by Gasteiger charge is -2.15. The third-order valence-corrected chi connectivity index (χ3v) is 3.94. The largest absolute Gasteiger partial charge is 0.489 e. The van der Waals surface area contributed by atoms with E-state index in [4.69, 9.17) is 39.5 Å². The highest BCUT2D eigenvalue weighted by atomic mass is 35.5. The predicted octanol–water partition coefficient (Wildman–Crippen LogP) is 5.72. The van der Waals surface area contributed by atoms with Crippen LogP contribution in [0.3, 0.4) is 0 Å². The van der Waals surface area contributed by atoms with Crippen LogP contribution >= 0.6 is 34.8 Å². The van der Waals surface area contributed by atoms with Gasteiger partial charge < -0.3 is 10.1 Å². The highest BCUT2D eigenvalue weighted by Crippen LogP contribution is 2.26. The van der Waals surface area contributed by atoms with Crippen LogP contribution in [-0.4, -0.2) is 6.04 Å². The zero-order valence-corrected chi connectivity index (χ0v) is 14.8. The summed E-state index contributed by atoms with van der Waals surface area (Å²) in [7, 11) is 0. The second-order valence-electron chi connectivity index (χ2n) is 5.31. The zero-order valence-electron chi connectivity index (χ0n) is 12.5. The van der Waals surface area contributed by atoms with Crippen molar-refractivity contribution >= 4 is 34.8 Å². The summed E-state index contributed by atoms with van der Waals surface area (Å²) < 4.78 is 5.91. The first-order valence-corrected chi connectivity index (χ1v) is 8.17. The van der Waals surface area contributed by atoms with E-state index in [2.05, 4.69) is 19.2 Å². The number of nitrogens with one attached hydrogen (secondary N) is 1. The first-order chi connectivity index (χ1) is 10.5. The van der Waals surface area contributed by atoms with Crippen molar-refractivity contribution in [1.29, 1.82) is 0 Å². The number of halogens is 3. The van der Waals surface area contributed by atoms with Crippen LogP contribution in [0, 0.1) is 0 Å². The van der Waals surface area contributed by atoms with E-state index in [0.717, 1.165) is 16.9 Å². The van der Waals surface area contributed by atoms with Gasteiger partial charge in [-0.1, -0.05) is 54.7 Å². The minimum absolute atomic E-state index is 0.381. The quantitative estimate of drug-likeness (QED) is 0.712. The van der Waals surface area contributed by atoms with Crippen LogP contribution in [0.15, 0.2) is 36.4 Å². The topological polar surface area (TPSA) is 21.3 Å². The molecule has 2 nitrogen and oxygen atoms in total. The van der Waals surface area contributed by atoms with Crippen LogP contribution in [0.1, 0.15) is 25.0 Å². The lowest BCUT2D eigenvalue weighted by molar-refractivity contribution is 0.302. The summed E-state index contributed by atoms with van der Waals surface area (Å²) >= 11 is 18.1. The molecule has 0 unspecified atom stereocenters. The molecule has 0 saturated carbocycles. The van der Waals surface area contributed by atoms with Crippen LogP contribution in [0.5, 0.6) is 5.75 Å². The van der Waals surface area contributed by atoms with E-state index < -0.39 is 0 Å². The fourth-order valence-electron chi connectivity index (χ4n) is 1.94. The Balaban J connectivity index is 2.11. The highest BCUT2D eigenvalue weighted by Gasteiger charge is 2.08. The van der Waals surface area contributed by atoms with Gasteiger partial charge >= 0.3 is 0 Å². The molecule has 0 spiro atoms. The van der Waals surface area contributed by atoms with E-state index >= 15 is 0 Å².